The normalized spacial score (nSPS) is 12.1. The van der Waals surface area contributed by atoms with Crippen molar-refractivity contribution in [3.8, 4) is 28.5 Å². The van der Waals surface area contributed by atoms with Crippen LogP contribution in [0.25, 0.3) is 11.3 Å². The molecule has 1 aliphatic rings. The minimum absolute atomic E-state index is 0.00441. The fourth-order valence-corrected chi connectivity index (χ4v) is 5.40. The number of thiazole rings is 1. The molecule has 0 saturated carbocycles. The number of hydrogen-bond acceptors (Lipinski definition) is 9. The number of nitrogens with one attached hydrogen (secondary N) is 1. The highest BCUT2D eigenvalue weighted by Crippen LogP contribution is 2.30. The van der Waals surface area contributed by atoms with Crippen molar-refractivity contribution >= 4 is 46.2 Å². The van der Waals surface area contributed by atoms with Gasteiger partial charge >= 0.3 is 0 Å². The van der Waals surface area contributed by atoms with Crippen LogP contribution < -0.4 is 24.4 Å². The van der Waals surface area contributed by atoms with E-state index < -0.39 is 30.0 Å². The minimum atomic E-state index is -0.794. The smallest absolute Gasteiger partial charge is 0.299 e. The summed E-state index contributed by atoms with van der Waals surface area (Å²) in [5.74, 6) is -0.849. The van der Waals surface area contributed by atoms with Crippen LogP contribution in [0.1, 0.15) is 15.4 Å². The average Bonchev–Trinajstić information content (AvgIpc) is 3.59. The Hall–Kier alpha value is -5.23. The predicted octanol–water partition coefficient (Wildman–Crippen LogP) is 4.03. The van der Waals surface area contributed by atoms with Gasteiger partial charge in [0.1, 0.15) is 35.3 Å². The monoisotopic (exact) mass is 600 g/mol. The number of ether oxygens (including phenoxy) is 3. The van der Waals surface area contributed by atoms with Gasteiger partial charge in [0, 0.05) is 17.0 Å². The first-order valence-electron chi connectivity index (χ1n) is 13.1. The number of anilines is 2. The van der Waals surface area contributed by atoms with Crippen LogP contribution in [0.4, 0.5) is 11.4 Å². The van der Waals surface area contributed by atoms with Gasteiger partial charge in [-0.1, -0.05) is 12.1 Å². The summed E-state index contributed by atoms with van der Waals surface area (Å²) in [5, 5.41) is 5.22. The quantitative estimate of drug-likeness (QED) is 0.256. The molecule has 1 aromatic heterocycles. The second kappa shape index (κ2) is 12.7. The summed E-state index contributed by atoms with van der Waals surface area (Å²) in [7, 11) is 4.58. The number of fused-ring (bicyclic) bond motifs is 1. The molecule has 12 heteroatoms. The van der Waals surface area contributed by atoms with E-state index in [9.17, 15) is 19.2 Å². The molecule has 0 unspecified atom stereocenters. The van der Waals surface area contributed by atoms with Gasteiger partial charge < -0.3 is 24.4 Å². The number of aromatic nitrogens is 1. The molecule has 220 valence electrons. The topological polar surface area (TPSA) is 127 Å². The van der Waals surface area contributed by atoms with E-state index in [2.05, 4.69) is 10.3 Å². The van der Waals surface area contributed by atoms with E-state index >= 15 is 0 Å². The summed E-state index contributed by atoms with van der Waals surface area (Å²) in [4.78, 5) is 59.3. The highest BCUT2D eigenvalue weighted by molar-refractivity contribution is 7.09. The van der Waals surface area contributed by atoms with Crippen molar-refractivity contribution < 1.29 is 33.4 Å². The van der Waals surface area contributed by atoms with E-state index in [1.165, 1.54) is 30.5 Å². The summed E-state index contributed by atoms with van der Waals surface area (Å²) < 4.78 is 15.8. The maximum atomic E-state index is 13.7. The van der Waals surface area contributed by atoms with E-state index in [1.807, 2.05) is 29.6 Å². The molecular formula is C31H28N4O7S. The summed E-state index contributed by atoms with van der Waals surface area (Å²) in [5.41, 5.74) is 2.56. The van der Waals surface area contributed by atoms with E-state index in [0.717, 1.165) is 10.5 Å². The van der Waals surface area contributed by atoms with Gasteiger partial charge in [0.2, 0.25) is 11.8 Å². The predicted molar refractivity (Wildman–Crippen MR) is 161 cm³/mol. The molecule has 2 heterocycles. The van der Waals surface area contributed by atoms with Crippen molar-refractivity contribution in [1.82, 2.24) is 9.88 Å². The standard InChI is InChI=1S/C31H28N4O7S/c1-40-20-10-8-19(9-11-20)24-18-43-28(33-24)16-34(15-27(36)32-23-13-12-21(41-2)14-26(23)42-3)29(37)17-35-25-7-5-4-6-22(25)30(38)31(35)39/h4-14,18H,15-17H2,1-3H3,(H,32,36). The zero-order valence-corrected chi connectivity index (χ0v) is 24.5. The molecule has 3 aromatic carbocycles. The Morgan fingerprint density at radius 3 is 2.37 bits per heavy atom. The molecule has 1 aliphatic heterocycles. The fraction of sp³-hybridized carbons (Fsp3) is 0.194. The summed E-state index contributed by atoms with van der Waals surface area (Å²) >= 11 is 1.34. The summed E-state index contributed by atoms with van der Waals surface area (Å²) in [6, 6.07) is 18.8. The third-order valence-corrected chi connectivity index (χ3v) is 7.64. The van der Waals surface area contributed by atoms with E-state index in [0.29, 0.717) is 39.3 Å². The fourth-order valence-electron chi connectivity index (χ4n) is 4.58. The molecular weight excluding hydrogens is 572 g/mol. The van der Waals surface area contributed by atoms with Gasteiger partial charge in [0.15, 0.2) is 0 Å². The first kappa shape index (κ1) is 29.3. The number of hydrogen-bond donors (Lipinski definition) is 1. The minimum Gasteiger partial charge on any atom is -0.497 e. The molecule has 4 aromatic rings. The van der Waals surface area contributed by atoms with E-state index in [-0.39, 0.29) is 18.7 Å². The van der Waals surface area contributed by atoms with Crippen LogP contribution in [0.2, 0.25) is 0 Å². The van der Waals surface area contributed by atoms with Gasteiger partial charge in [-0.15, -0.1) is 11.3 Å². The molecule has 43 heavy (non-hydrogen) atoms. The number of benzene rings is 3. The number of carbonyl (C=O) groups excluding carboxylic acids is 4. The maximum absolute atomic E-state index is 13.7. The molecule has 0 spiro atoms. The number of ketones is 1. The lowest BCUT2D eigenvalue weighted by molar-refractivity contribution is -0.134. The highest BCUT2D eigenvalue weighted by Gasteiger charge is 2.37. The highest BCUT2D eigenvalue weighted by atomic mass is 32.1. The number of carbonyl (C=O) groups is 4. The van der Waals surface area contributed by atoms with Gasteiger partial charge in [-0.3, -0.25) is 24.1 Å². The van der Waals surface area contributed by atoms with Gasteiger partial charge in [-0.25, -0.2) is 4.98 Å². The average molecular weight is 601 g/mol. The molecule has 0 atom stereocenters. The Kier molecular flexibility index (Phi) is 8.67. The van der Waals surface area contributed by atoms with Crippen LogP contribution in [-0.2, 0) is 20.9 Å². The van der Waals surface area contributed by atoms with Crippen LogP contribution in [0.5, 0.6) is 17.2 Å². The van der Waals surface area contributed by atoms with Crippen molar-refractivity contribution in [1.29, 1.82) is 0 Å². The van der Waals surface area contributed by atoms with Gasteiger partial charge in [-0.05, 0) is 48.5 Å². The van der Waals surface area contributed by atoms with E-state index in [4.69, 9.17) is 14.2 Å². The van der Waals surface area contributed by atoms with Crippen LogP contribution in [-0.4, -0.2) is 67.8 Å². The third kappa shape index (κ3) is 6.33. The Morgan fingerprint density at radius 1 is 0.930 bits per heavy atom. The first-order chi connectivity index (χ1) is 20.8. The number of rotatable bonds is 11. The molecule has 3 amide bonds. The lowest BCUT2D eigenvalue weighted by Gasteiger charge is -2.24. The number of nitrogens with zero attached hydrogens (tertiary/aromatic N) is 3. The van der Waals surface area contributed by atoms with Crippen LogP contribution >= 0.6 is 11.3 Å². The van der Waals surface area contributed by atoms with Crippen molar-refractivity contribution in [2.24, 2.45) is 0 Å². The lowest BCUT2D eigenvalue weighted by atomic mass is 10.1. The van der Waals surface area contributed by atoms with Crippen LogP contribution in [0.15, 0.2) is 72.1 Å². The third-order valence-electron chi connectivity index (χ3n) is 6.81. The van der Waals surface area contributed by atoms with Gasteiger partial charge in [-0.2, -0.15) is 0 Å². The zero-order chi connectivity index (χ0) is 30.5. The van der Waals surface area contributed by atoms with Gasteiger partial charge in [0.25, 0.3) is 11.7 Å². The van der Waals surface area contributed by atoms with Gasteiger partial charge in [0.05, 0.1) is 50.5 Å². The van der Waals surface area contributed by atoms with Crippen molar-refractivity contribution in [3.63, 3.8) is 0 Å². The summed E-state index contributed by atoms with van der Waals surface area (Å²) in [6.45, 7) is -0.759. The number of Topliss-reactive ketones (excluding diaryl/α,β-unsaturated/α-hetero) is 1. The van der Waals surface area contributed by atoms with Crippen molar-refractivity contribution in [2.45, 2.75) is 6.54 Å². The molecule has 1 N–H and O–H groups in total. The first-order valence-corrected chi connectivity index (χ1v) is 14.0. The van der Waals surface area contributed by atoms with E-state index in [1.54, 1.807) is 49.6 Å². The molecule has 5 rings (SSSR count). The van der Waals surface area contributed by atoms with Crippen LogP contribution in [0, 0.1) is 0 Å². The Bertz CT molecular complexity index is 1690. The Morgan fingerprint density at radius 2 is 1.65 bits per heavy atom. The number of methoxy groups -OCH3 is 3. The Labute approximate surface area is 251 Å². The van der Waals surface area contributed by atoms with Crippen LogP contribution in [0.3, 0.4) is 0 Å². The van der Waals surface area contributed by atoms with Crippen molar-refractivity contribution in [3.05, 3.63) is 82.7 Å². The Balaban J connectivity index is 1.38. The molecule has 0 fully saturated rings. The number of para-hydroxylation sites is 1. The molecule has 0 saturated heterocycles. The maximum Gasteiger partial charge on any atom is 0.299 e. The summed E-state index contributed by atoms with van der Waals surface area (Å²) in [6.07, 6.45) is 0. The zero-order valence-electron chi connectivity index (χ0n) is 23.7. The SMILES string of the molecule is COc1ccc(-c2csc(CN(CC(=O)Nc3ccc(OC)cc3OC)C(=O)CN3C(=O)C(=O)c4ccccc43)n2)cc1. The molecule has 11 nitrogen and oxygen atoms in total. The second-order valence-electron chi connectivity index (χ2n) is 9.46. The largest absolute Gasteiger partial charge is 0.497 e. The number of amides is 3. The van der Waals surface area contributed by atoms with Crippen molar-refractivity contribution in [2.75, 3.05) is 44.6 Å². The molecule has 0 aliphatic carbocycles. The molecule has 0 bridgehead atoms. The lowest BCUT2D eigenvalue weighted by Crippen LogP contribution is -2.45. The second-order valence-corrected chi connectivity index (χ2v) is 10.4. The molecule has 0 radical (unpaired) electrons.